The zero-order valence-electron chi connectivity index (χ0n) is 8.74. The summed E-state index contributed by atoms with van der Waals surface area (Å²) < 4.78 is 5.22. The Morgan fingerprint density at radius 2 is 2.35 bits per heavy atom. The van der Waals surface area contributed by atoms with Crippen molar-refractivity contribution < 1.29 is 9.66 Å². The molecule has 0 aromatic heterocycles. The van der Waals surface area contributed by atoms with E-state index < -0.39 is 4.92 Å². The van der Waals surface area contributed by atoms with Crippen molar-refractivity contribution in [1.82, 2.24) is 0 Å². The van der Waals surface area contributed by atoms with Crippen LogP contribution in [0.2, 0.25) is 5.02 Å². The number of benzene rings is 1. The van der Waals surface area contributed by atoms with Crippen LogP contribution in [0, 0.1) is 10.1 Å². The summed E-state index contributed by atoms with van der Waals surface area (Å²) in [7, 11) is 0. The number of azide groups is 1. The van der Waals surface area contributed by atoms with Crippen molar-refractivity contribution in [3.63, 3.8) is 0 Å². The molecule has 1 aromatic rings. The van der Waals surface area contributed by atoms with E-state index in [1.54, 1.807) is 0 Å². The molecule has 0 amide bonds. The zero-order chi connectivity index (χ0) is 12.7. The highest BCUT2D eigenvalue weighted by atomic mass is 35.5. The Kier molecular flexibility index (Phi) is 5.06. The number of para-hydroxylation sites is 1. The summed E-state index contributed by atoms with van der Waals surface area (Å²) in [6.45, 7) is 0.471. The van der Waals surface area contributed by atoms with Gasteiger partial charge in [-0.25, -0.2) is 0 Å². The third kappa shape index (κ3) is 3.82. The first kappa shape index (κ1) is 13.1. The van der Waals surface area contributed by atoms with Gasteiger partial charge in [0.05, 0.1) is 16.6 Å². The van der Waals surface area contributed by atoms with Gasteiger partial charge >= 0.3 is 5.69 Å². The lowest BCUT2D eigenvalue weighted by Gasteiger charge is -2.07. The van der Waals surface area contributed by atoms with Gasteiger partial charge in [-0.15, -0.1) is 0 Å². The third-order valence-corrected chi connectivity index (χ3v) is 2.15. The van der Waals surface area contributed by atoms with E-state index in [1.807, 2.05) is 0 Å². The second kappa shape index (κ2) is 6.57. The number of nitro benzene ring substituents is 1. The van der Waals surface area contributed by atoms with E-state index in [9.17, 15) is 10.1 Å². The molecule has 90 valence electrons. The molecule has 0 unspecified atom stereocenters. The molecule has 0 aliphatic rings. The second-order valence-corrected chi connectivity index (χ2v) is 3.41. The van der Waals surface area contributed by atoms with Crippen molar-refractivity contribution in [2.45, 2.75) is 6.42 Å². The smallest absolute Gasteiger partial charge is 0.312 e. The van der Waals surface area contributed by atoms with Gasteiger partial charge in [0.2, 0.25) is 5.75 Å². The molecule has 0 radical (unpaired) electrons. The highest BCUT2D eigenvalue weighted by Crippen LogP contribution is 2.34. The lowest BCUT2D eigenvalue weighted by molar-refractivity contribution is -0.385. The van der Waals surface area contributed by atoms with Crippen LogP contribution in [0.3, 0.4) is 0 Å². The summed E-state index contributed by atoms with van der Waals surface area (Å²) in [5.41, 5.74) is 7.87. The van der Waals surface area contributed by atoms with Gasteiger partial charge in [-0.1, -0.05) is 22.8 Å². The summed E-state index contributed by atoms with van der Waals surface area (Å²) in [5, 5.41) is 14.2. The maximum Gasteiger partial charge on any atom is 0.312 e. The molecule has 0 saturated heterocycles. The first-order valence-corrected chi connectivity index (χ1v) is 5.11. The van der Waals surface area contributed by atoms with E-state index in [1.165, 1.54) is 18.2 Å². The third-order valence-electron chi connectivity index (χ3n) is 1.85. The van der Waals surface area contributed by atoms with Crippen LogP contribution in [0.1, 0.15) is 6.42 Å². The first-order valence-electron chi connectivity index (χ1n) is 4.73. The van der Waals surface area contributed by atoms with Gasteiger partial charge in [0.1, 0.15) is 0 Å². The molecule has 1 rings (SSSR count). The molecule has 0 saturated carbocycles. The molecule has 0 aliphatic carbocycles. The average molecular weight is 257 g/mol. The number of rotatable bonds is 6. The molecular weight excluding hydrogens is 248 g/mol. The highest BCUT2D eigenvalue weighted by molar-refractivity contribution is 6.32. The van der Waals surface area contributed by atoms with Crippen molar-refractivity contribution in [1.29, 1.82) is 0 Å². The molecule has 0 aliphatic heterocycles. The van der Waals surface area contributed by atoms with Gasteiger partial charge in [0.25, 0.3) is 0 Å². The van der Waals surface area contributed by atoms with Gasteiger partial charge < -0.3 is 4.74 Å². The highest BCUT2D eigenvalue weighted by Gasteiger charge is 2.17. The number of halogens is 1. The SMILES string of the molecule is [N-]=[N+]=NCCCOc1c(Cl)cccc1[N+](=O)[O-]. The van der Waals surface area contributed by atoms with Gasteiger partial charge in [0, 0.05) is 17.5 Å². The maximum absolute atomic E-state index is 10.7. The van der Waals surface area contributed by atoms with E-state index in [-0.39, 0.29) is 29.6 Å². The van der Waals surface area contributed by atoms with Crippen molar-refractivity contribution in [3.8, 4) is 5.75 Å². The molecule has 17 heavy (non-hydrogen) atoms. The normalized spacial score (nSPS) is 9.47. The Bertz CT molecular complexity index is 460. The fourth-order valence-corrected chi connectivity index (χ4v) is 1.36. The molecule has 0 N–H and O–H groups in total. The zero-order valence-corrected chi connectivity index (χ0v) is 9.50. The van der Waals surface area contributed by atoms with Crippen LogP contribution in [0.15, 0.2) is 23.3 Å². The summed E-state index contributed by atoms with van der Waals surface area (Å²) >= 11 is 5.80. The predicted molar refractivity (Wildman–Crippen MR) is 62.2 cm³/mol. The maximum atomic E-state index is 10.7. The van der Waals surface area contributed by atoms with Crippen molar-refractivity contribution in [2.24, 2.45) is 5.11 Å². The van der Waals surface area contributed by atoms with Crippen molar-refractivity contribution >= 4 is 17.3 Å². The number of ether oxygens (including phenoxy) is 1. The molecule has 7 nitrogen and oxygen atoms in total. The van der Waals surface area contributed by atoms with Crippen LogP contribution in [0.5, 0.6) is 5.75 Å². The van der Waals surface area contributed by atoms with Crippen LogP contribution < -0.4 is 4.74 Å². The van der Waals surface area contributed by atoms with Gasteiger partial charge in [-0.3, -0.25) is 10.1 Å². The van der Waals surface area contributed by atoms with Crippen LogP contribution >= 0.6 is 11.6 Å². The Hall–Kier alpha value is -1.98. The second-order valence-electron chi connectivity index (χ2n) is 3.00. The molecule has 0 heterocycles. The molecule has 0 fully saturated rings. The van der Waals surface area contributed by atoms with Gasteiger partial charge in [0.15, 0.2) is 0 Å². The molecule has 0 bridgehead atoms. The average Bonchev–Trinajstić information content (AvgIpc) is 2.30. The quantitative estimate of drug-likeness (QED) is 0.195. The van der Waals surface area contributed by atoms with Gasteiger partial charge in [-0.05, 0) is 18.0 Å². The monoisotopic (exact) mass is 256 g/mol. The largest absolute Gasteiger partial charge is 0.486 e. The van der Waals surface area contributed by atoms with Crippen LogP contribution in [0.4, 0.5) is 5.69 Å². The minimum Gasteiger partial charge on any atom is -0.486 e. The van der Waals surface area contributed by atoms with Crippen LogP contribution in [-0.2, 0) is 0 Å². The number of nitro groups is 1. The van der Waals surface area contributed by atoms with E-state index >= 15 is 0 Å². The molecule has 8 heteroatoms. The first-order chi connectivity index (χ1) is 8.16. The molecule has 0 atom stereocenters. The number of hydrogen-bond donors (Lipinski definition) is 0. The lowest BCUT2D eigenvalue weighted by atomic mass is 10.3. The summed E-state index contributed by atoms with van der Waals surface area (Å²) in [5.74, 6) is 0.0418. The number of hydrogen-bond acceptors (Lipinski definition) is 4. The fraction of sp³-hybridized carbons (Fsp3) is 0.333. The van der Waals surface area contributed by atoms with E-state index in [0.29, 0.717) is 6.42 Å². The Labute approximate surface area is 102 Å². The molecule has 1 aromatic carbocycles. The molecule has 0 spiro atoms. The summed E-state index contributed by atoms with van der Waals surface area (Å²) in [6.07, 6.45) is 0.465. The summed E-state index contributed by atoms with van der Waals surface area (Å²) in [6, 6.07) is 4.30. The van der Waals surface area contributed by atoms with Crippen LogP contribution in [0.25, 0.3) is 10.4 Å². The van der Waals surface area contributed by atoms with Crippen molar-refractivity contribution in [3.05, 3.63) is 43.8 Å². The predicted octanol–water partition coefficient (Wildman–Crippen LogP) is 3.33. The minimum absolute atomic E-state index is 0.0418. The topological polar surface area (TPSA) is 101 Å². The van der Waals surface area contributed by atoms with E-state index in [2.05, 4.69) is 10.0 Å². The number of nitrogens with zero attached hydrogens (tertiary/aromatic N) is 4. The fourth-order valence-electron chi connectivity index (χ4n) is 1.14. The van der Waals surface area contributed by atoms with E-state index in [0.717, 1.165) is 0 Å². The van der Waals surface area contributed by atoms with Crippen LogP contribution in [-0.4, -0.2) is 18.1 Å². The van der Waals surface area contributed by atoms with Crippen molar-refractivity contribution in [2.75, 3.05) is 13.2 Å². The van der Waals surface area contributed by atoms with E-state index in [4.69, 9.17) is 21.9 Å². The Morgan fingerprint density at radius 1 is 1.59 bits per heavy atom. The lowest BCUT2D eigenvalue weighted by Crippen LogP contribution is -2.02. The Balaban J connectivity index is 2.69. The standard InChI is InChI=1S/C9H9ClN4O3/c10-7-3-1-4-8(14(15)16)9(7)17-6-2-5-12-13-11/h1,3-4H,2,5-6H2. The Morgan fingerprint density at radius 3 is 3.00 bits per heavy atom. The minimum atomic E-state index is -0.561. The summed E-state index contributed by atoms with van der Waals surface area (Å²) in [4.78, 5) is 12.7. The molecular formula is C9H9ClN4O3. The van der Waals surface area contributed by atoms with Gasteiger partial charge in [-0.2, -0.15) is 0 Å².